The van der Waals surface area contributed by atoms with Crippen molar-refractivity contribution in [3.05, 3.63) is 159 Å². The molecule has 0 N–H and O–H groups in total. The van der Waals surface area contributed by atoms with Gasteiger partial charge in [0, 0.05) is 0 Å². The molecule has 186 valence electrons. The number of allylic oxidation sites excluding steroid dienone is 2. The number of nitrogens with zero attached hydrogens (tertiary/aromatic N) is 12. The Morgan fingerprint density at radius 3 is 1.00 bits per heavy atom. The maximum atomic E-state index is 10.3. The van der Waals surface area contributed by atoms with E-state index in [1.165, 1.54) is 0 Å². The second-order valence-corrected chi connectivity index (χ2v) is 8.79. The lowest BCUT2D eigenvalue weighted by Crippen LogP contribution is -2.08. The van der Waals surface area contributed by atoms with Crippen LogP contribution in [0, 0.1) is 97.9 Å². The van der Waals surface area contributed by atoms with Crippen LogP contribution in [0.1, 0.15) is 69.4 Å². The number of hydrogen-bond acceptors (Lipinski definition) is 4. The highest BCUT2D eigenvalue weighted by molar-refractivity contribution is 5.78. The van der Waals surface area contributed by atoms with Crippen molar-refractivity contribution >= 4 is 0 Å². The maximum Gasteiger partial charge on any atom is 0.535 e. The molecule has 12 nitrogen and oxygen atoms in total. The fourth-order valence-corrected chi connectivity index (χ4v) is 6.11. The molecule has 0 amide bonds. The Morgan fingerprint density at radius 2 is 0.762 bits per heavy atom. The van der Waals surface area contributed by atoms with Crippen LogP contribution in [0.3, 0.4) is 0 Å². The number of rotatable bonds is 0. The first kappa shape index (κ1) is 27.4. The molecule has 1 aromatic carbocycles. The van der Waals surface area contributed by atoms with Gasteiger partial charge in [-0.2, -0.15) is 20.2 Å². The van der Waals surface area contributed by atoms with Gasteiger partial charge in [-0.1, -0.05) is 0 Å². The van der Waals surface area contributed by atoms with Crippen LogP contribution < -0.4 is 0 Å². The molecule has 0 radical (unpaired) electrons. The van der Waals surface area contributed by atoms with Crippen molar-refractivity contribution in [2.45, 2.75) is 36.0 Å². The van der Waals surface area contributed by atoms with Gasteiger partial charge in [-0.05, 0) is 11.1 Å². The summed E-state index contributed by atoms with van der Waals surface area (Å²) in [6, 6.07) is 1.53. The van der Waals surface area contributed by atoms with E-state index in [1.807, 2.05) is 12.1 Å². The topological polar surface area (TPSA) is 130 Å². The molecule has 12 heteroatoms. The first-order chi connectivity index (χ1) is 20.4. The summed E-state index contributed by atoms with van der Waals surface area (Å²) in [6.07, 6.45) is 0. The average molecular weight is 534 g/mol. The normalized spacial score (nSPS) is 25.9. The lowest BCUT2D eigenvalue weighted by molar-refractivity contribution is 0.912. The number of nitriles is 4. The monoisotopic (exact) mass is 534 g/mol. The molecule has 3 aliphatic rings. The van der Waals surface area contributed by atoms with Crippen molar-refractivity contribution in [2.24, 2.45) is 0 Å². The second kappa shape index (κ2) is 10.2. The van der Waals surface area contributed by atoms with Crippen molar-refractivity contribution < 1.29 is 0 Å². The fourth-order valence-electron chi connectivity index (χ4n) is 6.11. The highest BCUT2D eigenvalue weighted by Crippen LogP contribution is 2.65. The van der Waals surface area contributed by atoms with Crippen LogP contribution >= 0.6 is 0 Å². The minimum absolute atomic E-state index is 0.00178. The van der Waals surface area contributed by atoms with Gasteiger partial charge in [0.1, 0.15) is 13.1 Å². The first-order valence-corrected chi connectivity index (χ1v) is 11.4. The Kier molecular flexibility index (Phi) is 6.67. The van der Waals surface area contributed by atoms with Crippen LogP contribution in [0.5, 0.6) is 0 Å². The van der Waals surface area contributed by atoms with E-state index in [0.29, 0.717) is 0 Å². The van der Waals surface area contributed by atoms with Crippen LogP contribution in [0.4, 0.5) is 0 Å². The molecule has 3 aliphatic carbocycles. The SMILES string of the molecule is [C-]#[N+]C([N+]#[C-])=C1C([N+]#[C-])c2c(c3c(c4c2C([N+]#[C-])/C(=C(/C#N)[N+]#[C-])C4C#N)C(C#N)/C(=C(\C#N)[N+]#[C-])C3[N+]#[C-])C1[N+]#[C-]. The van der Waals surface area contributed by atoms with E-state index in [1.54, 1.807) is 12.1 Å². The zero-order chi connectivity index (χ0) is 30.9. The summed E-state index contributed by atoms with van der Waals surface area (Å²) < 4.78 is 0. The zero-order valence-corrected chi connectivity index (χ0v) is 20.8. The second-order valence-electron chi connectivity index (χ2n) is 8.79. The third-order valence-corrected chi connectivity index (χ3v) is 7.44. The fraction of sp³-hybridized carbons (Fsp3) is 0.200. The standard InChI is InChI=1S/C30H6N12/c1-35-15(11-33)17-13(9-31)19-20-14(10-32)18(16(12-34)36-2)27(38-4)22(20)24-23(21(19)26(17)37-3)28(39-5)25(29(24)40-6)30(41-7)42-8/h13-14,26-29H/b17-15-,18-16-. The van der Waals surface area contributed by atoms with Crippen molar-refractivity contribution in [3.8, 4) is 24.3 Å². The van der Waals surface area contributed by atoms with Gasteiger partial charge in [-0.25, -0.2) is 46.5 Å². The van der Waals surface area contributed by atoms with Gasteiger partial charge in [0.15, 0.2) is 5.57 Å². The van der Waals surface area contributed by atoms with E-state index in [0.717, 1.165) is 0 Å². The lowest BCUT2D eigenvalue weighted by atomic mass is 9.83. The molecule has 42 heavy (non-hydrogen) atoms. The third-order valence-electron chi connectivity index (χ3n) is 7.44. The van der Waals surface area contributed by atoms with E-state index in [-0.39, 0.29) is 50.1 Å². The van der Waals surface area contributed by atoms with Crippen LogP contribution in [0.2, 0.25) is 0 Å². The van der Waals surface area contributed by atoms with Gasteiger partial charge in [0.05, 0.1) is 82.7 Å². The van der Waals surface area contributed by atoms with Gasteiger partial charge >= 0.3 is 5.82 Å². The van der Waals surface area contributed by atoms with Crippen molar-refractivity contribution in [2.75, 3.05) is 0 Å². The minimum Gasteiger partial charge on any atom is -0.305 e. The smallest absolute Gasteiger partial charge is 0.305 e. The average Bonchev–Trinajstić information content (AvgIpc) is 3.63. The molecule has 0 spiro atoms. The quantitative estimate of drug-likeness (QED) is 0.289. The Balaban J connectivity index is 2.46. The van der Waals surface area contributed by atoms with E-state index in [4.69, 9.17) is 52.6 Å². The molecular weight excluding hydrogens is 528 g/mol. The molecule has 0 saturated carbocycles. The molecule has 0 aliphatic heterocycles. The van der Waals surface area contributed by atoms with Crippen LogP contribution in [-0.4, -0.2) is 0 Å². The summed E-state index contributed by atoms with van der Waals surface area (Å²) in [7, 11) is 0. The van der Waals surface area contributed by atoms with Crippen LogP contribution in [-0.2, 0) is 0 Å². The third kappa shape index (κ3) is 3.15. The van der Waals surface area contributed by atoms with Gasteiger partial charge in [0.25, 0.3) is 35.6 Å². The first-order valence-electron chi connectivity index (χ1n) is 11.4. The molecule has 6 unspecified atom stereocenters. The Hall–Kier alpha value is -7.68. The molecule has 0 aromatic heterocycles. The van der Waals surface area contributed by atoms with Crippen LogP contribution in [0.25, 0.3) is 38.8 Å². The van der Waals surface area contributed by atoms with Crippen molar-refractivity contribution in [3.63, 3.8) is 0 Å². The summed E-state index contributed by atoms with van der Waals surface area (Å²) in [5, 5.41) is 40.2. The lowest BCUT2D eigenvalue weighted by Gasteiger charge is -2.16. The summed E-state index contributed by atoms with van der Waals surface area (Å²) >= 11 is 0. The molecule has 0 bridgehead atoms. The zero-order valence-electron chi connectivity index (χ0n) is 20.8. The van der Waals surface area contributed by atoms with E-state index in [9.17, 15) is 21.0 Å². The molecular formula is C30H6N12. The predicted octanol–water partition coefficient (Wildman–Crippen LogP) is 6.23. The Morgan fingerprint density at radius 1 is 0.452 bits per heavy atom. The van der Waals surface area contributed by atoms with Gasteiger partial charge in [0.2, 0.25) is 0 Å². The summed E-state index contributed by atoms with van der Waals surface area (Å²) in [4.78, 5) is 27.3. The highest BCUT2D eigenvalue weighted by atomic mass is 14.9. The summed E-state index contributed by atoms with van der Waals surface area (Å²) in [6.45, 7) is 62.2. The van der Waals surface area contributed by atoms with Crippen molar-refractivity contribution in [1.82, 2.24) is 0 Å². The number of hydrogen-bond donors (Lipinski definition) is 0. The van der Waals surface area contributed by atoms with Crippen molar-refractivity contribution in [1.29, 1.82) is 21.0 Å². The van der Waals surface area contributed by atoms with Gasteiger partial charge < -0.3 is 19.4 Å². The summed E-state index contributed by atoms with van der Waals surface area (Å²) in [5.41, 5.74) is -1.65. The molecule has 4 rings (SSSR count). The number of fused-ring (bicyclic) bond motifs is 6. The van der Waals surface area contributed by atoms with Gasteiger partial charge in [-0.3, -0.25) is 0 Å². The van der Waals surface area contributed by atoms with Gasteiger partial charge in [-0.15, -0.1) is 0 Å². The Labute approximate surface area is 239 Å². The Bertz CT molecular complexity index is 1750. The summed E-state index contributed by atoms with van der Waals surface area (Å²) in [5.74, 6) is -3.47. The molecule has 0 saturated heterocycles. The predicted molar refractivity (Wildman–Crippen MR) is 139 cm³/mol. The number of benzene rings is 1. The largest absolute Gasteiger partial charge is 0.535 e. The molecule has 0 heterocycles. The minimum atomic E-state index is -1.47. The molecule has 0 fully saturated rings. The molecule has 1 aromatic rings. The van der Waals surface area contributed by atoms with Crippen LogP contribution in [0.15, 0.2) is 33.9 Å². The van der Waals surface area contributed by atoms with E-state index in [2.05, 4.69) is 38.8 Å². The van der Waals surface area contributed by atoms with E-state index >= 15 is 0 Å². The van der Waals surface area contributed by atoms with E-state index < -0.39 is 53.2 Å². The highest BCUT2D eigenvalue weighted by Gasteiger charge is 2.62. The molecule has 6 atom stereocenters. The maximum absolute atomic E-state index is 10.3.